The molecule has 5 aliphatic heterocycles. The first-order chi connectivity index (χ1) is 28.9. The predicted molar refractivity (Wildman–Crippen MR) is 225 cm³/mol. The number of nitrogens with one attached hydrogen (secondary N) is 2. The maximum atomic E-state index is 14.6. The molecule has 332 valence electrons. The van der Waals surface area contributed by atoms with Gasteiger partial charge in [0.05, 0.1) is 25.9 Å². The summed E-state index contributed by atoms with van der Waals surface area (Å²) in [5.74, 6) is 3.73. The lowest BCUT2D eigenvalue weighted by molar-refractivity contribution is -0.203. The van der Waals surface area contributed by atoms with Crippen LogP contribution in [0.25, 0.3) is 10.9 Å². The molecule has 1 unspecified atom stereocenters. The average molecular weight is 867 g/mol. The first-order valence-corrected chi connectivity index (χ1v) is 22.4. The minimum atomic E-state index is -4.67. The molecule has 61 heavy (non-hydrogen) atoms. The minimum absolute atomic E-state index is 0.185. The third-order valence-electron chi connectivity index (χ3n) is 15.3. The fraction of sp³-hybridized carbons (Fsp3) is 0.581. The summed E-state index contributed by atoms with van der Waals surface area (Å²) in [7, 11) is 0.269. The summed E-state index contributed by atoms with van der Waals surface area (Å²) in [5.41, 5.74) is 2.54. The molecular formula is C43H58N6O11S. The van der Waals surface area contributed by atoms with Gasteiger partial charge in [0.2, 0.25) is 0 Å². The molecule has 2 saturated heterocycles. The van der Waals surface area contributed by atoms with Gasteiger partial charge in [0.25, 0.3) is 5.91 Å². The number of esters is 1. The normalized spacial score (nSPS) is 36.2. The van der Waals surface area contributed by atoms with Crippen molar-refractivity contribution in [3.63, 3.8) is 0 Å². The number of nitrogens with two attached hydrogens (primary N) is 1. The van der Waals surface area contributed by atoms with Crippen LogP contribution in [-0.4, -0.2) is 143 Å². The number of carbonyl (C=O) groups excluding carboxylic acids is 2. The molecule has 9 N–H and O–H groups in total. The molecule has 17 nitrogen and oxygen atoms in total. The highest BCUT2D eigenvalue weighted by Crippen LogP contribution is 2.67. The topological polar surface area (TPSA) is 251 Å². The summed E-state index contributed by atoms with van der Waals surface area (Å²) in [4.78, 5) is 39.0. The molecule has 1 amide bonds. The van der Waals surface area contributed by atoms with Crippen molar-refractivity contribution >= 4 is 38.9 Å². The van der Waals surface area contributed by atoms with Gasteiger partial charge in [-0.3, -0.25) is 33.9 Å². The van der Waals surface area contributed by atoms with Gasteiger partial charge in [0, 0.05) is 84.4 Å². The average Bonchev–Trinajstić information content (AvgIpc) is 3.89. The lowest BCUT2D eigenvalue weighted by atomic mass is 9.47. The van der Waals surface area contributed by atoms with E-state index in [1.54, 1.807) is 7.11 Å². The smallest absolute Gasteiger partial charge is 0.394 e. The molecule has 0 radical (unpaired) electrons. The number of hydrazine groups is 1. The number of para-hydroxylation sites is 1. The number of fused-ring (bicyclic) bond motifs is 6. The van der Waals surface area contributed by atoms with E-state index in [1.807, 2.05) is 62.2 Å². The number of anilines is 1. The molecule has 1 spiro atoms. The molecular weight excluding hydrogens is 809 g/mol. The van der Waals surface area contributed by atoms with Crippen molar-refractivity contribution < 1.29 is 51.9 Å². The summed E-state index contributed by atoms with van der Waals surface area (Å²) in [6, 6.07) is 11.2. The number of carbonyl (C=O) groups is 2. The Hall–Kier alpha value is -4.11. The SMILES string of the molecule is CC[C@]1(O)C[C@@H]2CN(CCc3c([nH]c4ccccc34)[C@@H](C(=O)OC)[C@@H]2c2cc3c(cc2OC)N(C)[C@H]2[C@@](O)(C(=O)NN)[C@H](O)[C@]4(CC)C=CCN5CC[C@]32[C@@H]54)C1.O=S(=O)(O)O. The number of hydrogen-bond acceptors (Lipinski definition) is 13. The Balaban J connectivity index is 0.000000973. The maximum absolute atomic E-state index is 14.6. The molecule has 9 rings (SSSR count). The van der Waals surface area contributed by atoms with Crippen molar-refractivity contribution in [2.45, 2.75) is 92.6 Å². The summed E-state index contributed by atoms with van der Waals surface area (Å²) < 4.78 is 43.6. The number of aliphatic hydroxyl groups is 3. The Labute approximate surface area is 355 Å². The van der Waals surface area contributed by atoms with Crippen LogP contribution in [0, 0.1) is 11.3 Å². The highest BCUT2D eigenvalue weighted by molar-refractivity contribution is 7.79. The number of nitrogens with zero attached hydrogens (tertiary/aromatic N) is 3. The van der Waals surface area contributed by atoms with Gasteiger partial charge in [0.15, 0.2) is 5.60 Å². The van der Waals surface area contributed by atoms with Crippen LogP contribution in [0.15, 0.2) is 48.6 Å². The number of rotatable bonds is 6. The molecule has 11 atom stereocenters. The Kier molecular flexibility index (Phi) is 10.9. The van der Waals surface area contributed by atoms with Crippen LogP contribution in [0.2, 0.25) is 0 Å². The highest BCUT2D eigenvalue weighted by Gasteiger charge is 2.78. The maximum Gasteiger partial charge on any atom is 0.394 e. The van der Waals surface area contributed by atoms with Gasteiger partial charge in [0.1, 0.15) is 17.8 Å². The van der Waals surface area contributed by atoms with Crippen LogP contribution < -0.4 is 20.9 Å². The number of aromatic nitrogens is 1. The Bertz CT molecular complexity index is 2370. The second-order valence-corrected chi connectivity index (χ2v) is 18.8. The largest absolute Gasteiger partial charge is 0.496 e. The summed E-state index contributed by atoms with van der Waals surface area (Å²) >= 11 is 0. The summed E-state index contributed by atoms with van der Waals surface area (Å²) in [6.45, 7) is 7.33. The van der Waals surface area contributed by atoms with Gasteiger partial charge >= 0.3 is 16.4 Å². The van der Waals surface area contributed by atoms with Gasteiger partial charge in [-0.2, -0.15) is 8.42 Å². The lowest BCUT2D eigenvalue weighted by Gasteiger charge is -2.63. The van der Waals surface area contributed by atoms with Crippen molar-refractivity contribution in [3.05, 3.63) is 70.9 Å². The Morgan fingerprint density at radius 2 is 1.79 bits per heavy atom. The van der Waals surface area contributed by atoms with E-state index in [0.29, 0.717) is 64.0 Å². The second kappa shape index (κ2) is 15.3. The number of likely N-dealkylation sites (N-methyl/N-ethyl adjacent to an activating group) is 1. The number of ether oxygens (including phenoxy) is 2. The highest BCUT2D eigenvalue weighted by atomic mass is 32.3. The van der Waals surface area contributed by atoms with Gasteiger partial charge in [-0.25, -0.2) is 5.84 Å². The molecule has 3 aromatic rings. The van der Waals surface area contributed by atoms with Gasteiger partial charge in [-0.15, -0.1) is 0 Å². The van der Waals surface area contributed by atoms with Crippen molar-refractivity contribution in [2.75, 3.05) is 58.9 Å². The van der Waals surface area contributed by atoms with Crippen LogP contribution in [0.3, 0.4) is 0 Å². The fourth-order valence-corrected chi connectivity index (χ4v) is 13.1. The third-order valence-corrected chi connectivity index (χ3v) is 15.3. The summed E-state index contributed by atoms with van der Waals surface area (Å²) in [5, 5.41) is 38.5. The lowest BCUT2D eigenvalue weighted by Crippen LogP contribution is -2.82. The quantitative estimate of drug-likeness (QED) is 0.0439. The fourth-order valence-electron chi connectivity index (χ4n) is 13.1. The molecule has 2 aromatic carbocycles. The number of hydrogen-bond donors (Lipinski definition) is 8. The molecule has 1 saturated carbocycles. The number of piperidine rings is 1. The molecule has 1 aliphatic carbocycles. The zero-order valence-corrected chi connectivity index (χ0v) is 36.0. The first kappa shape index (κ1) is 43.5. The number of methoxy groups -OCH3 is 2. The van der Waals surface area contributed by atoms with Crippen molar-refractivity contribution in [1.29, 1.82) is 0 Å². The van der Waals surface area contributed by atoms with Gasteiger partial charge < -0.3 is 34.7 Å². The van der Waals surface area contributed by atoms with E-state index in [4.69, 9.17) is 32.8 Å². The molecule has 2 bridgehead atoms. The molecule has 6 heterocycles. The van der Waals surface area contributed by atoms with E-state index in [0.717, 1.165) is 45.5 Å². The molecule has 3 fully saturated rings. The standard InChI is InChI=1S/C43H56N6O7.H2O4S/c1-6-40(53)21-24-22-48(23-40)17-13-26-25-11-8-9-12-29(25)45-34(26)33(35(50)56-5)32(24)27-19-28-30(20-31(27)55-4)47(3)37-42(28)15-18-49-16-10-14-41(7-2,36(42)49)38(51)43(37,54)39(52)46-44;1-5(2,3)4/h8-12,14,19-20,24,32-33,36-38,45,51,53-54H,6-7,13,15-18,21-23,44H2,1-5H3,(H,46,52);(H2,1,2,3,4)/t24-,32+,33+,36+,37-,38-,40+,41-,42-,43+;/m1./s1. The van der Waals surface area contributed by atoms with E-state index in [2.05, 4.69) is 32.3 Å². The number of H-pyrrole nitrogens is 1. The van der Waals surface area contributed by atoms with E-state index in [9.17, 15) is 24.9 Å². The van der Waals surface area contributed by atoms with Crippen LogP contribution in [0.5, 0.6) is 5.75 Å². The van der Waals surface area contributed by atoms with Crippen LogP contribution in [0.1, 0.15) is 73.8 Å². The van der Waals surface area contributed by atoms with E-state index < -0.39 is 62.3 Å². The number of aliphatic hydroxyl groups excluding tert-OH is 1. The van der Waals surface area contributed by atoms with Gasteiger partial charge in [-0.05, 0) is 73.4 Å². The molecule has 1 aromatic heterocycles. The van der Waals surface area contributed by atoms with E-state index >= 15 is 0 Å². The number of benzene rings is 2. The Morgan fingerprint density at radius 1 is 1.07 bits per heavy atom. The van der Waals surface area contributed by atoms with Crippen LogP contribution in [-0.2, 0) is 36.6 Å². The first-order valence-electron chi connectivity index (χ1n) is 21.0. The van der Waals surface area contributed by atoms with Crippen molar-refractivity contribution in [3.8, 4) is 5.75 Å². The van der Waals surface area contributed by atoms with E-state index in [-0.39, 0.29) is 17.9 Å². The monoisotopic (exact) mass is 866 g/mol. The zero-order chi connectivity index (χ0) is 44.0. The van der Waals surface area contributed by atoms with Gasteiger partial charge in [-0.1, -0.05) is 44.2 Å². The molecule has 6 aliphatic rings. The van der Waals surface area contributed by atoms with Crippen molar-refractivity contribution in [2.24, 2.45) is 17.2 Å². The second-order valence-electron chi connectivity index (χ2n) is 17.9. The molecule has 18 heteroatoms. The summed E-state index contributed by atoms with van der Waals surface area (Å²) in [6.07, 6.45) is 5.43. The zero-order valence-electron chi connectivity index (χ0n) is 35.2. The third kappa shape index (κ3) is 6.43. The van der Waals surface area contributed by atoms with Crippen LogP contribution in [0.4, 0.5) is 5.69 Å². The predicted octanol–water partition coefficient (Wildman–Crippen LogP) is 1.78. The minimum Gasteiger partial charge on any atom is -0.496 e. The number of aromatic amines is 1. The Morgan fingerprint density at radius 3 is 2.44 bits per heavy atom. The number of amides is 1. The van der Waals surface area contributed by atoms with Crippen molar-refractivity contribution in [1.82, 2.24) is 20.2 Å². The van der Waals surface area contributed by atoms with Crippen LogP contribution >= 0.6 is 0 Å². The van der Waals surface area contributed by atoms with E-state index in [1.165, 1.54) is 7.11 Å².